The van der Waals surface area contributed by atoms with Crippen molar-refractivity contribution in [2.45, 2.75) is 12.5 Å². The molecular formula is C8H10N2O2. The topological polar surface area (TPSA) is 76.2 Å². The summed E-state index contributed by atoms with van der Waals surface area (Å²) in [5.74, 6) is -1.05. The normalized spacial score (nSPS) is 15.2. The minimum atomic E-state index is -1.33. The van der Waals surface area contributed by atoms with Gasteiger partial charge in [0.1, 0.15) is 5.54 Å². The number of aromatic nitrogens is 1. The highest BCUT2D eigenvalue weighted by atomic mass is 16.4. The van der Waals surface area contributed by atoms with E-state index in [1.807, 2.05) is 0 Å². The quantitative estimate of drug-likeness (QED) is 0.664. The lowest BCUT2D eigenvalue weighted by atomic mass is 9.95. The Labute approximate surface area is 70.0 Å². The van der Waals surface area contributed by atoms with Crippen molar-refractivity contribution < 1.29 is 9.90 Å². The molecule has 0 radical (unpaired) electrons. The van der Waals surface area contributed by atoms with Crippen molar-refractivity contribution in [2.75, 3.05) is 0 Å². The molecule has 0 aromatic carbocycles. The molecule has 0 spiro atoms. The predicted molar refractivity (Wildman–Crippen MR) is 43.4 cm³/mol. The molecule has 0 amide bonds. The third kappa shape index (κ3) is 1.43. The van der Waals surface area contributed by atoms with E-state index in [1.54, 1.807) is 12.1 Å². The summed E-state index contributed by atoms with van der Waals surface area (Å²) < 4.78 is 0. The molecule has 3 N–H and O–H groups in total. The van der Waals surface area contributed by atoms with Gasteiger partial charge in [0.15, 0.2) is 0 Å². The fourth-order valence-corrected chi connectivity index (χ4v) is 0.822. The van der Waals surface area contributed by atoms with Crippen LogP contribution >= 0.6 is 0 Å². The number of hydrogen-bond acceptors (Lipinski definition) is 3. The maximum Gasteiger partial charge on any atom is 0.328 e. The highest BCUT2D eigenvalue weighted by Crippen LogP contribution is 2.15. The van der Waals surface area contributed by atoms with Crippen LogP contribution in [0.5, 0.6) is 0 Å². The first-order valence-electron chi connectivity index (χ1n) is 3.48. The fraction of sp³-hybridized carbons (Fsp3) is 0.250. The van der Waals surface area contributed by atoms with Crippen LogP contribution in [0.3, 0.4) is 0 Å². The molecule has 12 heavy (non-hydrogen) atoms. The Kier molecular flexibility index (Phi) is 2.10. The number of pyridine rings is 1. The molecule has 1 aromatic heterocycles. The first-order chi connectivity index (χ1) is 5.55. The molecule has 4 nitrogen and oxygen atoms in total. The average Bonchev–Trinajstić information content (AvgIpc) is 2.06. The molecule has 0 saturated carbocycles. The largest absolute Gasteiger partial charge is 0.480 e. The van der Waals surface area contributed by atoms with Crippen LogP contribution in [-0.2, 0) is 10.3 Å². The number of carboxylic acid groups (broad SMARTS) is 1. The van der Waals surface area contributed by atoms with E-state index in [9.17, 15) is 4.79 Å². The van der Waals surface area contributed by atoms with E-state index in [0.29, 0.717) is 5.56 Å². The molecule has 0 aliphatic rings. The Morgan fingerprint density at radius 2 is 2.08 bits per heavy atom. The predicted octanol–water partition coefficient (Wildman–Crippen LogP) is 0.340. The zero-order valence-corrected chi connectivity index (χ0v) is 6.69. The van der Waals surface area contributed by atoms with Gasteiger partial charge in [-0.3, -0.25) is 4.98 Å². The van der Waals surface area contributed by atoms with Gasteiger partial charge in [-0.25, -0.2) is 4.79 Å². The summed E-state index contributed by atoms with van der Waals surface area (Å²) in [7, 11) is 0. The Bertz CT molecular complexity index is 282. The first kappa shape index (κ1) is 8.67. The zero-order chi connectivity index (χ0) is 9.19. The van der Waals surface area contributed by atoms with Gasteiger partial charge in [-0.15, -0.1) is 0 Å². The number of hydrogen-bond donors (Lipinski definition) is 2. The van der Waals surface area contributed by atoms with Crippen molar-refractivity contribution in [3.05, 3.63) is 30.1 Å². The third-order valence-corrected chi connectivity index (χ3v) is 1.72. The smallest absolute Gasteiger partial charge is 0.328 e. The second-order valence-electron chi connectivity index (χ2n) is 2.74. The molecule has 4 heteroatoms. The van der Waals surface area contributed by atoms with Crippen LogP contribution in [0.4, 0.5) is 0 Å². The van der Waals surface area contributed by atoms with Gasteiger partial charge in [0.25, 0.3) is 0 Å². The fourth-order valence-electron chi connectivity index (χ4n) is 0.822. The van der Waals surface area contributed by atoms with Crippen LogP contribution in [-0.4, -0.2) is 16.1 Å². The number of carbonyl (C=O) groups is 1. The van der Waals surface area contributed by atoms with Gasteiger partial charge in [0.2, 0.25) is 0 Å². The van der Waals surface area contributed by atoms with Crippen LogP contribution < -0.4 is 5.73 Å². The van der Waals surface area contributed by atoms with Crippen LogP contribution in [0.1, 0.15) is 12.5 Å². The SMILES string of the molecule is CC(N)(C(=O)O)c1ccncc1. The molecule has 0 aliphatic heterocycles. The standard InChI is InChI=1S/C8H10N2O2/c1-8(9,7(11)12)6-2-4-10-5-3-6/h2-5H,9H2,1H3,(H,11,12). The molecule has 0 aliphatic carbocycles. The maximum absolute atomic E-state index is 10.7. The van der Waals surface area contributed by atoms with Gasteiger partial charge in [-0.05, 0) is 24.6 Å². The summed E-state index contributed by atoms with van der Waals surface area (Å²) in [6.07, 6.45) is 3.03. The van der Waals surface area contributed by atoms with Crippen LogP contribution in [0.25, 0.3) is 0 Å². The average molecular weight is 166 g/mol. The Morgan fingerprint density at radius 1 is 1.58 bits per heavy atom. The Balaban J connectivity index is 3.06. The van der Waals surface area contributed by atoms with Gasteiger partial charge in [-0.1, -0.05) is 0 Å². The Hall–Kier alpha value is -1.42. The lowest BCUT2D eigenvalue weighted by Crippen LogP contribution is -2.41. The van der Waals surface area contributed by atoms with E-state index in [4.69, 9.17) is 10.8 Å². The van der Waals surface area contributed by atoms with E-state index in [2.05, 4.69) is 4.98 Å². The van der Waals surface area contributed by atoms with Crippen LogP contribution in [0.15, 0.2) is 24.5 Å². The lowest BCUT2D eigenvalue weighted by molar-refractivity contribution is -0.143. The van der Waals surface area contributed by atoms with Gasteiger partial charge in [-0.2, -0.15) is 0 Å². The van der Waals surface area contributed by atoms with Crippen molar-refractivity contribution in [2.24, 2.45) is 5.73 Å². The van der Waals surface area contributed by atoms with Gasteiger partial charge in [0.05, 0.1) is 0 Å². The molecule has 1 rings (SSSR count). The highest BCUT2D eigenvalue weighted by Gasteiger charge is 2.29. The number of aliphatic carboxylic acids is 1. The van der Waals surface area contributed by atoms with E-state index >= 15 is 0 Å². The number of carboxylic acids is 1. The van der Waals surface area contributed by atoms with E-state index in [-0.39, 0.29) is 0 Å². The highest BCUT2D eigenvalue weighted by molar-refractivity contribution is 5.79. The third-order valence-electron chi connectivity index (χ3n) is 1.72. The summed E-state index contributed by atoms with van der Waals surface area (Å²) in [5.41, 5.74) is 4.77. The minimum Gasteiger partial charge on any atom is -0.480 e. The summed E-state index contributed by atoms with van der Waals surface area (Å²) >= 11 is 0. The molecule has 0 saturated heterocycles. The van der Waals surface area contributed by atoms with Gasteiger partial charge in [0, 0.05) is 12.4 Å². The molecule has 1 aromatic rings. The lowest BCUT2D eigenvalue weighted by Gasteiger charge is -2.18. The van der Waals surface area contributed by atoms with Crippen molar-refractivity contribution in [1.82, 2.24) is 4.98 Å². The molecular weight excluding hydrogens is 156 g/mol. The minimum absolute atomic E-state index is 0.546. The number of nitrogens with two attached hydrogens (primary N) is 1. The summed E-state index contributed by atoms with van der Waals surface area (Å²) in [5, 5.41) is 8.75. The van der Waals surface area contributed by atoms with E-state index < -0.39 is 11.5 Å². The molecule has 1 atom stereocenters. The monoisotopic (exact) mass is 166 g/mol. The first-order valence-corrected chi connectivity index (χ1v) is 3.48. The van der Waals surface area contributed by atoms with Gasteiger partial charge < -0.3 is 10.8 Å². The molecule has 0 bridgehead atoms. The maximum atomic E-state index is 10.7. The second kappa shape index (κ2) is 2.91. The molecule has 1 unspecified atom stereocenters. The molecule has 64 valence electrons. The van der Waals surface area contributed by atoms with Crippen molar-refractivity contribution >= 4 is 5.97 Å². The Morgan fingerprint density at radius 3 is 2.50 bits per heavy atom. The summed E-state index contributed by atoms with van der Waals surface area (Å²) in [6, 6.07) is 3.18. The van der Waals surface area contributed by atoms with E-state index in [0.717, 1.165) is 0 Å². The summed E-state index contributed by atoms with van der Waals surface area (Å²) in [6.45, 7) is 1.45. The van der Waals surface area contributed by atoms with Crippen LogP contribution in [0.2, 0.25) is 0 Å². The molecule has 0 fully saturated rings. The van der Waals surface area contributed by atoms with Crippen LogP contribution in [0, 0.1) is 0 Å². The second-order valence-corrected chi connectivity index (χ2v) is 2.74. The molecule has 1 heterocycles. The summed E-state index contributed by atoms with van der Waals surface area (Å²) in [4.78, 5) is 14.4. The van der Waals surface area contributed by atoms with Crippen molar-refractivity contribution in [3.63, 3.8) is 0 Å². The van der Waals surface area contributed by atoms with E-state index in [1.165, 1.54) is 19.3 Å². The van der Waals surface area contributed by atoms with Crippen molar-refractivity contribution in [1.29, 1.82) is 0 Å². The van der Waals surface area contributed by atoms with Crippen molar-refractivity contribution in [3.8, 4) is 0 Å². The number of nitrogens with zero attached hydrogens (tertiary/aromatic N) is 1. The number of rotatable bonds is 2. The van der Waals surface area contributed by atoms with Gasteiger partial charge >= 0.3 is 5.97 Å². The zero-order valence-electron chi connectivity index (χ0n) is 6.69.